The van der Waals surface area contributed by atoms with E-state index in [9.17, 15) is 4.79 Å². The average molecular weight is 282 g/mol. The first kappa shape index (κ1) is 12.9. The fourth-order valence-corrected chi connectivity index (χ4v) is 1.98. The fourth-order valence-electron chi connectivity index (χ4n) is 1.50. The molecule has 0 radical (unpaired) electrons. The SMILES string of the molecule is COc1ccc(C(=O)c2ccccn2)c(Cl)c1Cl. The second kappa shape index (κ2) is 5.38. The Balaban J connectivity index is 2.47. The molecular formula is C13H9Cl2NO2. The highest BCUT2D eigenvalue weighted by molar-refractivity contribution is 6.45. The van der Waals surface area contributed by atoms with Gasteiger partial charge in [-0.2, -0.15) is 0 Å². The van der Waals surface area contributed by atoms with Crippen molar-refractivity contribution < 1.29 is 9.53 Å². The van der Waals surface area contributed by atoms with Crippen LogP contribution in [-0.2, 0) is 0 Å². The lowest BCUT2D eigenvalue weighted by Crippen LogP contribution is -2.04. The van der Waals surface area contributed by atoms with Crippen LogP contribution in [0.4, 0.5) is 0 Å². The van der Waals surface area contributed by atoms with Gasteiger partial charge in [-0.05, 0) is 24.3 Å². The minimum absolute atomic E-state index is 0.173. The first-order valence-corrected chi connectivity index (χ1v) is 5.88. The quantitative estimate of drug-likeness (QED) is 0.807. The molecule has 0 fully saturated rings. The molecule has 1 heterocycles. The molecule has 0 aliphatic heterocycles. The Hall–Kier alpha value is -1.58. The number of carbonyl (C=O) groups is 1. The van der Waals surface area contributed by atoms with E-state index in [0.717, 1.165) is 0 Å². The molecule has 0 unspecified atom stereocenters. The molecule has 2 aromatic rings. The summed E-state index contributed by atoms with van der Waals surface area (Å²) in [6, 6.07) is 8.27. The van der Waals surface area contributed by atoms with Crippen LogP contribution in [0.15, 0.2) is 36.5 Å². The van der Waals surface area contributed by atoms with E-state index in [-0.39, 0.29) is 15.8 Å². The van der Waals surface area contributed by atoms with Crippen molar-refractivity contribution >= 4 is 29.0 Å². The van der Waals surface area contributed by atoms with E-state index in [0.29, 0.717) is 17.0 Å². The molecule has 0 saturated carbocycles. The number of halogens is 2. The summed E-state index contributed by atoms with van der Waals surface area (Å²) in [5, 5.41) is 0.396. The van der Waals surface area contributed by atoms with Gasteiger partial charge in [0.25, 0.3) is 0 Å². The van der Waals surface area contributed by atoms with Crippen molar-refractivity contribution in [2.24, 2.45) is 0 Å². The highest BCUT2D eigenvalue weighted by Crippen LogP contribution is 2.35. The zero-order chi connectivity index (χ0) is 13.1. The first-order valence-electron chi connectivity index (χ1n) is 5.13. The molecule has 3 nitrogen and oxygen atoms in total. The van der Waals surface area contributed by atoms with Crippen LogP contribution in [0.25, 0.3) is 0 Å². The standard InChI is InChI=1S/C13H9Cl2NO2/c1-18-10-6-5-8(11(14)12(10)15)13(17)9-4-2-3-7-16-9/h2-7H,1H3. The van der Waals surface area contributed by atoms with Gasteiger partial charge in [0.1, 0.15) is 16.5 Å². The first-order chi connectivity index (χ1) is 8.65. The van der Waals surface area contributed by atoms with Crippen LogP contribution >= 0.6 is 23.2 Å². The summed E-state index contributed by atoms with van der Waals surface area (Å²) in [6.45, 7) is 0. The van der Waals surface area contributed by atoms with Crippen molar-refractivity contribution in [3.05, 3.63) is 57.8 Å². The summed E-state index contributed by atoms with van der Waals surface area (Å²) in [7, 11) is 1.48. The molecule has 0 N–H and O–H groups in total. The molecule has 18 heavy (non-hydrogen) atoms. The zero-order valence-electron chi connectivity index (χ0n) is 9.48. The molecule has 0 aliphatic rings. The summed E-state index contributed by atoms with van der Waals surface area (Å²) >= 11 is 12.1. The number of ketones is 1. The third kappa shape index (κ3) is 2.33. The molecule has 1 aromatic carbocycles. The number of rotatable bonds is 3. The van der Waals surface area contributed by atoms with Gasteiger partial charge < -0.3 is 4.74 Å². The van der Waals surface area contributed by atoms with Crippen LogP contribution in [0, 0.1) is 0 Å². The Kier molecular flexibility index (Phi) is 3.84. The van der Waals surface area contributed by atoms with Crippen LogP contribution in [0.1, 0.15) is 16.1 Å². The highest BCUT2D eigenvalue weighted by atomic mass is 35.5. The number of aromatic nitrogens is 1. The maximum atomic E-state index is 12.2. The van der Waals surface area contributed by atoms with E-state index >= 15 is 0 Å². The number of nitrogens with zero attached hydrogens (tertiary/aromatic N) is 1. The summed E-state index contributed by atoms with van der Waals surface area (Å²) in [5.74, 6) is 0.157. The Labute approximate surface area is 114 Å². The number of methoxy groups -OCH3 is 1. The third-order valence-electron chi connectivity index (χ3n) is 2.41. The van der Waals surface area contributed by atoms with Gasteiger partial charge in [-0.15, -0.1) is 0 Å². The van der Waals surface area contributed by atoms with Gasteiger partial charge in [0.05, 0.1) is 12.1 Å². The van der Waals surface area contributed by atoms with E-state index in [1.165, 1.54) is 7.11 Å². The molecule has 0 amide bonds. The topological polar surface area (TPSA) is 39.2 Å². The lowest BCUT2D eigenvalue weighted by Gasteiger charge is -2.08. The van der Waals surface area contributed by atoms with E-state index in [2.05, 4.69) is 4.98 Å². The van der Waals surface area contributed by atoms with Crippen molar-refractivity contribution in [2.45, 2.75) is 0 Å². The van der Waals surface area contributed by atoms with Gasteiger partial charge in [0.15, 0.2) is 0 Å². The van der Waals surface area contributed by atoms with Gasteiger partial charge in [0, 0.05) is 11.8 Å². The lowest BCUT2D eigenvalue weighted by molar-refractivity contribution is 0.103. The fraction of sp³-hybridized carbons (Fsp3) is 0.0769. The summed E-state index contributed by atoms with van der Waals surface area (Å²) in [5.41, 5.74) is 0.627. The molecular weight excluding hydrogens is 273 g/mol. The third-order valence-corrected chi connectivity index (χ3v) is 3.27. The highest BCUT2D eigenvalue weighted by Gasteiger charge is 2.18. The van der Waals surface area contributed by atoms with Crippen molar-refractivity contribution in [2.75, 3.05) is 7.11 Å². The van der Waals surface area contributed by atoms with Crippen LogP contribution in [0.5, 0.6) is 5.75 Å². The number of pyridine rings is 1. The molecule has 0 aliphatic carbocycles. The largest absolute Gasteiger partial charge is 0.495 e. The van der Waals surface area contributed by atoms with Crippen molar-refractivity contribution in [1.82, 2.24) is 4.98 Å². The van der Waals surface area contributed by atoms with Crippen molar-refractivity contribution in [3.8, 4) is 5.75 Å². The normalized spacial score (nSPS) is 10.2. The number of hydrogen-bond donors (Lipinski definition) is 0. The number of benzene rings is 1. The van der Waals surface area contributed by atoms with Gasteiger partial charge >= 0.3 is 0 Å². The number of hydrogen-bond acceptors (Lipinski definition) is 3. The van der Waals surface area contributed by atoms with E-state index in [4.69, 9.17) is 27.9 Å². The second-order valence-corrected chi connectivity index (χ2v) is 4.24. The summed E-state index contributed by atoms with van der Waals surface area (Å²) in [6.07, 6.45) is 1.55. The molecule has 2 rings (SSSR count). The van der Waals surface area contributed by atoms with Gasteiger partial charge in [0.2, 0.25) is 5.78 Å². The minimum Gasteiger partial charge on any atom is -0.495 e. The van der Waals surface area contributed by atoms with Crippen LogP contribution in [0.3, 0.4) is 0 Å². The van der Waals surface area contributed by atoms with E-state index < -0.39 is 0 Å². The molecule has 5 heteroatoms. The van der Waals surface area contributed by atoms with Crippen LogP contribution in [-0.4, -0.2) is 17.9 Å². The Morgan fingerprint density at radius 1 is 1.17 bits per heavy atom. The molecule has 0 spiro atoms. The maximum absolute atomic E-state index is 12.2. The van der Waals surface area contributed by atoms with E-state index in [1.54, 1.807) is 36.5 Å². The molecule has 1 aromatic heterocycles. The van der Waals surface area contributed by atoms with Gasteiger partial charge in [-0.1, -0.05) is 29.3 Å². The Morgan fingerprint density at radius 3 is 2.56 bits per heavy atom. The van der Waals surface area contributed by atoms with Crippen molar-refractivity contribution in [3.63, 3.8) is 0 Å². The lowest BCUT2D eigenvalue weighted by atomic mass is 10.1. The number of ether oxygens (including phenoxy) is 1. The van der Waals surface area contributed by atoms with Crippen LogP contribution in [0.2, 0.25) is 10.0 Å². The smallest absolute Gasteiger partial charge is 0.212 e. The second-order valence-electron chi connectivity index (χ2n) is 3.49. The summed E-state index contributed by atoms with van der Waals surface area (Å²) in [4.78, 5) is 16.2. The van der Waals surface area contributed by atoms with Crippen molar-refractivity contribution in [1.29, 1.82) is 0 Å². The average Bonchev–Trinajstić information content (AvgIpc) is 2.42. The molecule has 0 saturated heterocycles. The van der Waals surface area contributed by atoms with Crippen LogP contribution < -0.4 is 4.74 Å². The summed E-state index contributed by atoms with van der Waals surface area (Å²) < 4.78 is 5.02. The predicted octanol–water partition coefficient (Wildman–Crippen LogP) is 3.63. The zero-order valence-corrected chi connectivity index (χ0v) is 11.0. The number of carbonyl (C=O) groups excluding carboxylic acids is 1. The Bertz CT molecular complexity index is 585. The molecule has 0 atom stereocenters. The van der Waals surface area contributed by atoms with Gasteiger partial charge in [-0.3, -0.25) is 9.78 Å². The van der Waals surface area contributed by atoms with E-state index in [1.807, 2.05) is 0 Å². The molecule has 92 valence electrons. The maximum Gasteiger partial charge on any atom is 0.212 e. The predicted molar refractivity (Wildman–Crippen MR) is 70.7 cm³/mol. The molecule has 0 bridgehead atoms. The Morgan fingerprint density at radius 2 is 1.94 bits per heavy atom. The monoisotopic (exact) mass is 281 g/mol. The minimum atomic E-state index is -0.273. The van der Waals surface area contributed by atoms with Gasteiger partial charge in [-0.25, -0.2) is 0 Å².